The van der Waals surface area contributed by atoms with Gasteiger partial charge in [0.2, 0.25) is 0 Å². The number of nitrogens with zero attached hydrogens (tertiary/aromatic N) is 4. The highest BCUT2D eigenvalue weighted by Crippen LogP contribution is 2.29. The van der Waals surface area contributed by atoms with Gasteiger partial charge in [0.25, 0.3) is 0 Å². The van der Waals surface area contributed by atoms with Crippen molar-refractivity contribution in [3.05, 3.63) is 88.7 Å². The topological polar surface area (TPSA) is 24.3 Å². The van der Waals surface area contributed by atoms with Crippen molar-refractivity contribution in [1.82, 2.24) is 19.6 Å². The van der Waals surface area contributed by atoms with Crippen LogP contribution < -0.4 is 0 Å². The zero-order valence-electron chi connectivity index (χ0n) is 16.1. The maximum absolute atomic E-state index is 4.34. The van der Waals surface area contributed by atoms with E-state index in [1.807, 2.05) is 17.1 Å². The lowest BCUT2D eigenvalue weighted by atomic mass is 9.96. The summed E-state index contributed by atoms with van der Waals surface area (Å²) in [4.78, 5) is 5.22. The maximum atomic E-state index is 4.34. The van der Waals surface area contributed by atoms with Crippen LogP contribution in [0.4, 0.5) is 0 Å². The first kappa shape index (κ1) is 19.4. The molecule has 146 valence electrons. The molecule has 2 aromatic carbocycles. The highest BCUT2D eigenvalue weighted by molar-refractivity contribution is 9.10. The maximum Gasteiger partial charge on any atom is 0.0632 e. The van der Waals surface area contributed by atoms with Crippen LogP contribution in [-0.4, -0.2) is 52.3 Å². The van der Waals surface area contributed by atoms with Crippen LogP contribution in [-0.2, 0) is 6.54 Å². The van der Waals surface area contributed by atoms with Crippen LogP contribution in [0, 0.1) is 0 Å². The van der Waals surface area contributed by atoms with Gasteiger partial charge in [0.1, 0.15) is 0 Å². The second-order valence-electron chi connectivity index (χ2n) is 7.38. The van der Waals surface area contributed by atoms with Crippen molar-refractivity contribution in [3.8, 4) is 0 Å². The van der Waals surface area contributed by atoms with E-state index in [2.05, 4.69) is 91.5 Å². The smallest absolute Gasteiger partial charge is 0.0632 e. The van der Waals surface area contributed by atoms with Gasteiger partial charge in [0.05, 0.1) is 16.7 Å². The molecule has 0 aliphatic carbocycles. The first-order chi connectivity index (χ1) is 13.8. The molecule has 0 spiro atoms. The van der Waals surface area contributed by atoms with Gasteiger partial charge in [-0.2, -0.15) is 5.10 Å². The lowest BCUT2D eigenvalue weighted by Gasteiger charge is -2.39. The van der Waals surface area contributed by atoms with Crippen LogP contribution >= 0.6 is 15.9 Å². The van der Waals surface area contributed by atoms with Crippen LogP contribution in [0.3, 0.4) is 0 Å². The molecule has 1 saturated heterocycles. The largest absolute Gasteiger partial charge is 0.301 e. The molecule has 0 N–H and O–H groups in total. The van der Waals surface area contributed by atoms with E-state index in [9.17, 15) is 0 Å². The summed E-state index contributed by atoms with van der Waals surface area (Å²) in [5.74, 6) is 0. The molecule has 1 fully saturated rings. The van der Waals surface area contributed by atoms with Gasteiger partial charge in [0.15, 0.2) is 0 Å². The summed E-state index contributed by atoms with van der Waals surface area (Å²) < 4.78 is 3.07. The van der Waals surface area contributed by atoms with Crippen molar-refractivity contribution in [2.24, 2.45) is 0 Å². The molecule has 3 aromatic rings. The minimum Gasteiger partial charge on any atom is -0.301 e. The van der Waals surface area contributed by atoms with E-state index in [4.69, 9.17) is 0 Å². The molecule has 4 nitrogen and oxygen atoms in total. The number of aryl methyl sites for hydroxylation is 1. The third kappa shape index (κ3) is 4.90. The summed E-state index contributed by atoms with van der Waals surface area (Å²) in [5, 5.41) is 4.34. The van der Waals surface area contributed by atoms with Crippen molar-refractivity contribution in [2.45, 2.75) is 19.0 Å². The van der Waals surface area contributed by atoms with E-state index in [0.717, 1.165) is 50.2 Å². The van der Waals surface area contributed by atoms with E-state index in [1.54, 1.807) is 0 Å². The molecule has 0 unspecified atom stereocenters. The summed E-state index contributed by atoms with van der Waals surface area (Å²) in [6.07, 6.45) is 5.03. The van der Waals surface area contributed by atoms with Crippen LogP contribution in [0.1, 0.15) is 23.6 Å². The van der Waals surface area contributed by atoms with Crippen molar-refractivity contribution < 1.29 is 0 Å². The van der Waals surface area contributed by atoms with E-state index in [0.29, 0.717) is 6.04 Å². The molecule has 1 aromatic heterocycles. The van der Waals surface area contributed by atoms with E-state index >= 15 is 0 Å². The number of hydrogen-bond donors (Lipinski definition) is 0. The molecular formula is C23H27BrN4. The highest BCUT2D eigenvalue weighted by atomic mass is 79.9. The normalized spacial score (nSPS) is 15.9. The van der Waals surface area contributed by atoms with Crippen LogP contribution in [0.2, 0.25) is 0 Å². The fraction of sp³-hybridized carbons (Fsp3) is 0.348. The van der Waals surface area contributed by atoms with Crippen molar-refractivity contribution in [3.63, 3.8) is 0 Å². The number of aromatic nitrogens is 2. The monoisotopic (exact) mass is 438 g/mol. The molecular weight excluding hydrogens is 412 g/mol. The van der Waals surface area contributed by atoms with Gasteiger partial charge < -0.3 is 4.90 Å². The van der Waals surface area contributed by atoms with Crippen molar-refractivity contribution in [2.75, 3.05) is 32.7 Å². The van der Waals surface area contributed by atoms with E-state index in [-0.39, 0.29) is 0 Å². The fourth-order valence-electron chi connectivity index (χ4n) is 4.05. The molecule has 5 heteroatoms. The van der Waals surface area contributed by atoms with Gasteiger partial charge in [-0.25, -0.2) is 0 Å². The van der Waals surface area contributed by atoms with Gasteiger partial charge in [-0.05, 0) is 40.0 Å². The van der Waals surface area contributed by atoms with Crippen LogP contribution in [0.15, 0.2) is 77.5 Å². The summed E-state index contributed by atoms with van der Waals surface area (Å²) in [6.45, 7) is 6.55. The summed E-state index contributed by atoms with van der Waals surface area (Å²) >= 11 is 3.46. The van der Waals surface area contributed by atoms with Crippen molar-refractivity contribution >= 4 is 15.9 Å². The number of rotatable bonds is 7. The summed E-state index contributed by atoms with van der Waals surface area (Å²) in [5.41, 5.74) is 2.76. The highest BCUT2D eigenvalue weighted by Gasteiger charge is 2.26. The molecule has 0 amide bonds. The molecule has 1 aliphatic heterocycles. The quantitative estimate of drug-likeness (QED) is 0.544. The minimum absolute atomic E-state index is 0.339. The van der Waals surface area contributed by atoms with Crippen LogP contribution in [0.5, 0.6) is 0 Å². The Morgan fingerprint density at radius 2 is 1.43 bits per heavy atom. The Bertz CT molecular complexity index is 802. The van der Waals surface area contributed by atoms with Gasteiger partial charge in [0, 0.05) is 38.9 Å². The Kier molecular flexibility index (Phi) is 6.57. The van der Waals surface area contributed by atoms with Gasteiger partial charge in [-0.3, -0.25) is 9.58 Å². The SMILES string of the molecule is Brc1cnn(CCCN2CCN(C(c3ccccc3)c3ccccc3)CC2)c1. The summed E-state index contributed by atoms with van der Waals surface area (Å²) in [6, 6.07) is 22.2. The Morgan fingerprint density at radius 1 is 0.821 bits per heavy atom. The third-order valence-electron chi connectivity index (χ3n) is 5.47. The molecule has 0 bridgehead atoms. The second kappa shape index (κ2) is 9.50. The third-order valence-corrected chi connectivity index (χ3v) is 5.88. The van der Waals surface area contributed by atoms with Gasteiger partial charge in [-0.1, -0.05) is 60.7 Å². The average molecular weight is 439 g/mol. The Labute approximate surface area is 175 Å². The average Bonchev–Trinajstić information content (AvgIpc) is 3.16. The minimum atomic E-state index is 0.339. The standard InChI is InChI=1S/C23H27BrN4/c24-22-18-25-28(19-22)13-7-12-26-14-16-27(17-15-26)23(20-8-3-1-4-9-20)21-10-5-2-6-11-21/h1-6,8-11,18-19,23H,7,12-17H2. The Balaban J connectivity index is 1.35. The van der Waals surface area contributed by atoms with Gasteiger partial charge >= 0.3 is 0 Å². The predicted molar refractivity (Wildman–Crippen MR) is 117 cm³/mol. The molecule has 0 saturated carbocycles. The molecule has 4 rings (SSSR count). The summed E-state index contributed by atoms with van der Waals surface area (Å²) in [7, 11) is 0. The lowest BCUT2D eigenvalue weighted by molar-refractivity contribution is 0.107. The lowest BCUT2D eigenvalue weighted by Crippen LogP contribution is -2.48. The zero-order valence-corrected chi connectivity index (χ0v) is 17.7. The van der Waals surface area contributed by atoms with Crippen LogP contribution in [0.25, 0.3) is 0 Å². The van der Waals surface area contributed by atoms with Crippen molar-refractivity contribution in [1.29, 1.82) is 0 Å². The number of hydrogen-bond acceptors (Lipinski definition) is 3. The molecule has 28 heavy (non-hydrogen) atoms. The fourth-order valence-corrected chi connectivity index (χ4v) is 4.37. The Morgan fingerprint density at radius 3 is 1.96 bits per heavy atom. The van der Waals surface area contributed by atoms with Gasteiger partial charge in [-0.15, -0.1) is 0 Å². The first-order valence-corrected chi connectivity index (χ1v) is 10.8. The molecule has 0 radical (unpaired) electrons. The molecule has 1 aliphatic rings. The Hall–Kier alpha value is -1.95. The zero-order chi connectivity index (χ0) is 19.2. The van der Waals surface area contributed by atoms with E-state index < -0.39 is 0 Å². The molecule has 2 heterocycles. The number of piperazine rings is 1. The van der Waals surface area contributed by atoms with E-state index in [1.165, 1.54) is 11.1 Å². The predicted octanol–water partition coefficient (Wildman–Crippen LogP) is 4.44. The number of benzene rings is 2. The second-order valence-corrected chi connectivity index (χ2v) is 8.29. The first-order valence-electron chi connectivity index (χ1n) is 10.0. The number of halogens is 1. The molecule has 0 atom stereocenters.